The lowest BCUT2D eigenvalue weighted by atomic mass is 10.0. The number of nitrogens with one attached hydrogen (secondary N) is 1. The summed E-state index contributed by atoms with van der Waals surface area (Å²) in [6.45, 7) is 5.93. The molecular formula is C24H25ClN2O4S. The first-order valence-electron chi connectivity index (χ1n) is 10.3. The van der Waals surface area contributed by atoms with Crippen molar-refractivity contribution in [3.8, 4) is 11.5 Å². The Kier molecular flexibility index (Phi) is 7.53. The molecule has 2 aromatic rings. The van der Waals surface area contributed by atoms with Crippen molar-refractivity contribution in [1.29, 1.82) is 0 Å². The van der Waals surface area contributed by atoms with Gasteiger partial charge in [-0.05, 0) is 67.4 Å². The summed E-state index contributed by atoms with van der Waals surface area (Å²) in [5, 5.41) is 2.98. The number of carbonyl (C=O) groups excluding carboxylic acids is 2. The summed E-state index contributed by atoms with van der Waals surface area (Å²) < 4.78 is 11.3. The number of thiocarbonyl (C=S) groups is 1. The van der Waals surface area contributed by atoms with E-state index in [4.69, 9.17) is 33.3 Å². The summed E-state index contributed by atoms with van der Waals surface area (Å²) in [6.07, 6.45) is 2.93. The van der Waals surface area contributed by atoms with E-state index in [1.165, 1.54) is 18.1 Å². The van der Waals surface area contributed by atoms with Crippen molar-refractivity contribution in [3.63, 3.8) is 0 Å². The van der Waals surface area contributed by atoms with Crippen molar-refractivity contribution in [2.24, 2.45) is 0 Å². The van der Waals surface area contributed by atoms with Crippen molar-refractivity contribution in [2.45, 2.75) is 39.7 Å². The van der Waals surface area contributed by atoms with Crippen LogP contribution in [0.25, 0.3) is 6.08 Å². The number of carbonyl (C=O) groups is 2. The summed E-state index contributed by atoms with van der Waals surface area (Å²) in [5.41, 5.74) is 2.05. The molecule has 0 bridgehead atoms. The van der Waals surface area contributed by atoms with E-state index in [9.17, 15) is 9.59 Å². The minimum Gasteiger partial charge on any atom is -0.493 e. The minimum absolute atomic E-state index is 0.0472. The van der Waals surface area contributed by atoms with Crippen LogP contribution in [0.3, 0.4) is 0 Å². The third-order valence-corrected chi connectivity index (χ3v) is 5.74. The van der Waals surface area contributed by atoms with Gasteiger partial charge in [0, 0.05) is 0 Å². The van der Waals surface area contributed by atoms with Crippen LogP contribution in [-0.2, 0) is 16.0 Å². The number of para-hydroxylation sites is 1. The van der Waals surface area contributed by atoms with Crippen molar-refractivity contribution in [1.82, 2.24) is 5.32 Å². The normalized spacial score (nSPS) is 16.2. The number of rotatable bonds is 7. The molecule has 0 unspecified atom stereocenters. The van der Waals surface area contributed by atoms with E-state index in [0.717, 1.165) is 12.0 Å². The van der Waals surface area contributed by atoms with Gasteiger partial charge in [-0.2, -0.15) is 0 Å². The number of ether oxygens (including phenoxy) is 2. The van der Waals surface area contributed by atoms with E-state index < -0.39 is 11.8 Å². The summed E-state index contributed by atoms with van der Waals surface area (Å²) in [4.78, 5) is 27.3. The summed E-state index contributed by atoms with van der Waals surface area (Å²) in [5.74, 6) is -0.239. The van der Waals surface area contributed by atoms with Gasteiger partial charge in [0.15, 0.2) is 16.6 Å². The number of hydrogen-bond acceptors (Lipinski definition) is 5. The third-order valence-electron chi connectivity index (χ3n) is 5.17. The maximum atomic E-state index is 13.3. The molecule has 1 N–H and O–H groups in total. The van der Waals surface area contributed by atoms with Crippen molar-refractivity contribution in [2.75, 3.05) is 12.0 Å². The highest BCUT2D eigenvalue weighted by molar-refractivity contribution is 7.80. The van der Waals surface area contributed by atoms with Gasteiger partial charge in [0.1, 0.15) is 5.57 Å². The second-order valence-corrected chi connectivity index (χ2v) is 8.10. The number of benzene rings is 2. The number of aryl methyl sites for hydroxylation is 1. The Hall–Kier alpha value is -2.90. The van der Waals surface area contributed by atoms with Crippen LogP contribution in [-0.4, -0.2) is 30.1 Å². The number of hydrogen-bond donors (Lipinski definition) is 1. The zero-order valence-corrected chi connectivity index (χ0v) is 20.0. The Bertz CT molecular complexity index is 1100. The molecule has 1 aliphatic rings. The predicted molar refractivity (Wildman–Crippen MR) is 130 cm³/mol. The molecule has 6 nitrogen and oxygen atoms in total. The highest BCUT2D eigenvalue weighted by Crippen LogP contribution is 2.38. The fourth-order valence-corrected chi connectivity index (χ4v) is 3.83. The number of methoxy groups -OCH3 is 1. The summed E-state index contributed by atoms with van der Waals surface area (Å²) in [6, 6.07) is 10.8. The Balaban J connectivity index is 2.03. The standard InChI is InChI=1S/C24H25ClN2O4S/c1-5-14(3)31-21-18(25)12-15(13-20(21)30-4)11-17-22(28)26-24(32)27(23(17)29)19-10-8-7-9-16(19)6-2/h7-14H,5-6H2,1-4H3,(H,26,28,32)/b17-11+/t14-/m0/s1. The third kappa shape index (κ3) is 4.79. The van der Waals surface area contributed by atoms with Gasteiger partial charge in [-0.15, -0.1) is 0 Å². The van der Waals surface area contributed by atoms with Crippen LogP contribution in [0.5, 0.6) is 11.5 Å². The lowest BCUT2D eigenvalue weighted by Gasteiger charge is -2.30. The van der Waals surface area contributed by atoms with Gasteiger partial charge in [-0.3, -0.25) is 19.8 Å². The zero-order chi connectivity index (χ0) is 23.4. The molecule has 1 heterocycles. The fourth-order valence-electron chi connectivity index (χ4n) is 3.29. The topological polar surface area (TPSA) is 67.9 Å². The number of anilines is 1. The van der Waals surface area contributed by atoms with Crippen LogP contribution in [0.15, 0.2) is 42.0 Å². The molecule has 8 heteroatoms. The Labute approximate surface area is 198 Å². The van der Waals surface area contributed by atoms with E-state index in [1.807, 2.05) is 39.0 Å². The van der Waals surface area contributed by atoms with Crippen LogP contribution in [0.1, 0.15) is 38.3 Å². The lowest BCUT2D eigenvalue weighted by Crippen LogP contribution is -2.54. The van der Waals surface area contributed by atoms with Gasteiger partial charge in [0.2, 0.25) is 0 Å². The first-order valence-corrected chi connectivity index (χ1v) is 11.1. The van der Waals surface area contributed by atoms with E-state index in [1.54, 1.807) is 18.2 Å². The maximum absolute atomic E-state index is 13.3. The lowest BCUT2D eigenvalue weighted by molar-refractivity contribution is -0.122. The van der Waals surface area contributed by atoms with Gasteiger partial charge in [-0.1, -0.05) is 43.6 Å². The molecule has 0 saturated carbocycles. The highest BCUT2D eigenvalue weighted by Gasteiger charge is 2.35. The molecule has 2 amide bonds. The molecule has 3 rings (SSSR count). The first-order chi connectivity index (χ1) is 15.3. The largest absolute Gasteiger partial charge is 0.493 e. The second kappa shape index (κ2) is 10.1. The molecule has 1 fully saturated rings. The highest BCUT2D eigenvalue weighted by atomic mass is 35.5. The van der Waals surface area contributed by atoms with E-state index in [0.29, 0.717) is 34.2 Å². The number of amides is 2. The Morgan fingerprint density at radius 2 is 1.94 bits per heavy atom. The first kappa shape index (κ1) is 23.8. The monoisotopic (exact) mass is 472 g/mol. The van der Waals surface area contributed by atoms with Gasteiger partial charge in [0.25, 0.3) is 11.8 Å². The van der Waals surface area contributed by atoms with Crippen LogP contribution in [0.2, 0.25) is 5.02 Å². The molecule has 1 aliphatic heterocycles. The molecular weight excluding hydrogens is 448 g/mol. The fraction of sp³-hybridized carbons (Fsp3) is 0.292. The van der Waals surface area contributed by atoms with Gasteiger partial charge in [0.05, 0.1) is 23.9 Å². The van der Waals surface area contributed by atoms with Gasteiger partial charge >= 0.3 is 0 Å². The van der Waals surface area contributed by atoms with Crippen molar-refractivity contribution < 1.29 is 19.1 Å². The predicted octanol–water partition coefficient (Wildman–Crippen LogP) is 4.92. The summed E-state index contributed by atoms with van der Waals surface area (Å²) >= 11 is 11.7. The molecule has 1 saturated heterocycles. The molecule has 1 atom stereocenters. The summed E-state index contributed by atoms with van der Waals surface area (Å²) in [7, 11) is 1.51. The average molecular weight is 473 g/mol. The Morgan fingerprint density at radius 3 is 2.59 bits per heavy atom. The average Bonchev–Trinajstić information content (AvgIpc) is 2.78. The number of nitrogens with zero attached hydrogens (tertiary/aromatic N) is 1. The van der Waals surface area contributed by atoms with Crippen LogP contribution < -0.4 is 19.7 Å². The number of halogens is 1. The molecule has 0 spiro atoms. The molecule has 0 aromatic heterocycles. The van der Waals surface area contributed by atoms with E-state index >= 15 is 0 Å². The molecule has 0 aliphatic carbocycles. The molecule has 168 valence electrons. The zero-order valence-electron chi connectivity index (χ0n) is 18.4. The van der Waals surface area contributed by atoms with Gasteiger partial charge < -0.3 is 9.47 Å². The van der Waals surface area contributed by atoms with E-state index in [-0.39, 0.29) is 16.8 Å². The minimum atomic E-state index is -0.569. The van der Waals surface area contributed by atoms with Gasteiger partial charge in [-0.25, -0.2) is 0 Å². The van der Waals surface area contributed by atoms with Crippen LogP contribution >= 0.6 is 23.8 Å². The molecule has 0 radical (unpaired) electrons. The quantitative estimate of drug-likeness (QED) is 0.352. The SMILES string of the molecule is CCc1ccccc1N1C(=O)/C(=C/c2cc(Cl)c(O[C@@H](C)CC)c(OC)c2)C(=O)NC1=S. The van der Waals surface area contributed by atoms with Crippen molar-refractivity contribution in [3.05, 3.63) is 58.1 Å². The molecule has 2 aromatic carbocycles. The van der Waals surface area contributed by atoms with E-state index in [2.05, 4.69) is 5.32 Å². The second-order valence-electron chi connectivity index (χ2n) is 7.31. The van der Waals surface area contributed by atoms with Crippen LogP contribution in [0, 0.1) is 0 Å². The maximum Gasteiger partial charge on any atom is 0.270 e. The smallest absolute Gasteiger partial charge is 0.270 e. The Morgan fingerprint density at radius 1 is 1.22 bits per heavy atom. The van der Waals surface area contributed by atoms with Crippen LogP contribution in [0.4, 0.5) is 5.69 Å². The van der Waals surface area contributed by atoms with Crippen molar-refractivity contribution >= 4 is 52.5 Å². The molecule has 32 heavy (non-hydrogen) atoms.